The van der Waals surface area contributed by atoms with Crippen molar-refractivity contribution in [3.63, 3.8) is 0 Å². The van der Waals surface area contributed by atoms with E-state index in [2.05, 4.69) is 6.07 Å². The fourth-order valence-electron chi connectivity index (χ4n) is 2.37. The summed E-state index contributed by atoms with van der Waals surface area (Å²) < 4.78 is 27.1. The Morgan fingerprint density at radius 2 is 1.90 bits per heavy atom. The molecule has 0 aromatic carbocycles. The van der Waals surface area contributed by atoms with Crippen LogP contribution < -0.4 is 0 Å². The first-order chi connectivity index (χ1) is 9.81. The average Bonchev–Trinajstić information content (AvgIpc) is 2.97. The molecule has 1 aliphatic heterocycles. The Balaban J connectivity index is 2.10. The summed E-state index contributed by atoms with van der Waals surface area (Å²) in [5.74, 6) is 0. The van der Waals surface area contributed by atoms with E-state index in [9.17, 15) is 8.42 Å². The first kappa shape index (κ1) is 16.4. The molecule has 0 unspecified atom stereocenters. The summed E-state index contributed by atoms with van der Waals surface area (Å²) in [4.78, 5) is 3.11. The molecule has 116 valence electrons. The van der Waals surface area contributed by atoms with Gasteiger partial charge in [-0.2, -0.15) is 9.57 Å². The molecule has 5 nitrogen and oxygen atoms in total. The van der Waals surface area contributed by atoms with Crippen molar-refractivity contribution in [3.8, 4) is 6.07 Å². The van der Waals surface area contributed by atoms with E-state index in [1.807, 2.05) is 31.7 Å². The van der Waals surface area contributed by atoms with Crippen molar-refractivity contribution in [1.82, 2.24) is 9.21 Å². The van der Waals surface area contributed by atoms with Crippen molar-refractivity contribution in [3.05, 3.63) is 17.0 Å². The number of nitriles is 1. The second-order valence-electron chi connectivity index (χ2n) is 5.64. The van der Waals surface area contributed by atoms with E-state index in [1.54, 1.807) is 6.07 Å². The van der Waals surface area contributed by atoms with Crippen molar-refractivity contribution in [2.45, 2.75) is 36.9 Å². The van der Waals surface area contributed by atoms with Gasteiger partial charge in [0.25, 0.3) is 10.0 Å². The van der Waals surface area contributed by atoms with Gasteiger partial charge in [0.1, 0.15) is 9.75 Å². The van der Waals surface area contributed by atoms with Gasteiger partial charge in [0.05, 0.1) is 6.07 Å². The molecule has 1 aromatic heterocycles. The molecule has 0 spiro atoms. The van der Waals surface area contributed by atoms with E-state index >= 15 is 0 Å². The molecule has 0 atom stereocenters. The highest BCUT2D eigenvalue weighted by Crippen LogP contribution is 2.27. The SMILES string of the molecule is CCc1ccc(S(=O)(=O)N2CCN(C(C)(C)C#N)CC2)s1. The van der Waals surface area contributed by atoms with Gasteiger partial charge in [0.15, 0.2) is 0 Å². The van der Waals surface area contributed by atoms with E-state index in [0.717, 1.165) is 11.3 Å². The lowest BCUT2D eigenvalue weighted by molar-refractivity contribution is 0.115. The molecule has 0 bridgehead atoms. The van der Waals surface area contributed by atoms with Gasteiger partial charge < -0.3 is 0 Å². The molecule has 0 aliphatic carbocycles. The lowest BCUT2D eigenvalue weighted by Gasteiger charge is -2.39. The number of rotatable bonds is 4. The summed E-state index contributed by atoms with van der Waals surface area (Å²) in [6.07, 6.45) is 0.852. The van der Waals surface area contributed by atoms with Gasteiger partial charge in [-0.3, -0.25) is 4.90 Å². The third-order valence-corrected chi connectivity index (χ3v) is 7.48. The van der Waals surface area contributed by atoms with Crippen LogP contribution in [0.25, 0.3) is 0 Å². The number of nitrogens with zero attached hydrogens (tertiary/aromatic N) is 3. The number of hydrogen-bond acceptors (Lipinski definition) is 5. The van der Waals surface area contributed by atoms with Crippen LogP contribution in [-0.4, -0.2) is 49.3 Å². The molecule has 2 heterocycles. The summed E-state index contributed by atoms with van der Waals surface area (Å²) in [6, 6.07) is 5.85. The van der Waals surface area contributed by atoms with Crippen LogP contribution in [0.2, 0.25) is 0 Å². The molecule has 0 N–H and O–H groups in total. The average molecular weight is 327 g/mol. The molecule has 0 radical (unpaired) electrons. The number of hydrogen-bond donors (Lipinski definition) is 0. The predicted octanol–water partition coefficient (Wildman–Crippen LogP) is 1.92. The minimum absolute atomic E-state index is 0.423. The summed E-state index contributed by atoms with van der Waals surface area (Å²) in [5.41, 5.74) is -0.547. The molecule has 1 fully saturated rings. The van der Waals surface area contributed by atoms with Crippen LogP contribution in [0, 0.1) is 11.3 Å². The molecule has 1 aromatic rings. The predicted molar refractivity (Wildman–Crippen MR) is 83.7 cm³/mol. The summed E-state index contributed by atoms with van der Waals surface area (Å²) in [7, 11) is -3.38. The summed E-state index contributed by atoms with van der Waals surface area (Å²) in [6.45, 7) is 7.80. The summed E-state index contributed by atoms with van der Waals surface area (Å²) >= 11 is 1.35. The highest BCUT2D eigenvalue weighted by molar-refractivity contribution is 7.91. The second-order valence-corrected chi connectivity index (χ2v) is 8.97. The minimum atomic E-state index is -3.38. The van der Waals surface area contributed by atoms with Gasteiger partial charge >= 0.3 is 0 Å². The van der Waals surface area contributed by atoms with Crippen LogP contribution >= 0.6 is 11.3 Å². The van der Waals surface area contributed by atoms with Gasteiger partial charge in [-0.05, 0) is 32.4 Å². The van der Waals surface area contributed by atoms with Crippen molar-refractivity contribution in [1.29, 1.82) is 5.26 Å². The van der Waals surface area contributed by atoms with Crippen molar-refractivity contribution < 1.29 is 8.42 Å². The molecule has 7 heteroatoms. The molecule has 21 heavy (non-hydrogen) atoms. The highest BCUT2D eigenvalue weighted by Gasteiger charge is 2.34. The van der Waals surface area contributed by atoms with Crippen molar-refractivity contribution in [2.75, 3.05) is 26.2 Å². The van der Waals surface area contributed by atoms with Gasteiger partial charge in [-0.15, -0.1) is 11.3 Å². The largest absolute Gasteiger partial charge is 0.283 e. The summed E-state index contributed by atoms with van der Waals surface area (Å²) in [5, 5.41) is 9.16. The van der Waals surface area contributed by atoms with E-state index in [4.69, 9.17) is 5.26 Å². The minimum Gasteiger partial charge on any atom is -0.283 e. The van der Waals surface area contributed by atoms with Crippen LogP contribution in [0.1, 0.15) is 25.6 Å². The topological polar surface area (TPSA) is 64.4 Å². The third-order valence-electron chi connectivity index (χ3n) is 3.88. The Morgan fingerprint density at radius 1 is 1.29 bits per heavy atom. The zero-order chi connectivity index (χ0) is 15.7. The fourth-order valence-corrected chi connectivity index (χ4v) is 5.24. The maximum atomic E-state index is 12.6. The first-order valence-electron chi connectivity index (χ1n) is 7.06. The van der Waals surface area contributed by atoms with Crippen LogP contribution in [0.4, 0.5) is 0 Å². The van der Waals surface area contributed by atoms with E-state index in [-0.39, 0.29) is 0 Å². The Bertz CT molecular complexity index is 635. The smallest absolute Gasteiger partial charge is 0.252 e. The van der Waals surface area contributed by atoms with E-state index in [1.165, 1.54) is 15.6 Å². The van der Waals surface area contributed by atoms with Crippen LogP contribution in [0.5, 0.6) is 0 Å². The Hall–Kier alpha value is -0.940. The number of sulfonamides is 1. The molecule has 2 rings (SSSR count). The number of thiophene rings is 1. The highest BCUT2D eigenvalue weighted by atomic mass is 32.2. The fraction of sp³-hybridized carbons (Fsp3) is 0.643. The van der Waals surface area contributed by atoms with Gasteiger partial charge in [-0.1, -0.05) is 6.92 Å². The van der Waals surface area contributed by atoms with Crippen LogP contribution in [0.15, 0.2) is 16.3 Å². The van der Waals surface area contributed by atoms with Crippen molar-refractivity contribution in [2.24, 2.45) is 0 Å². The molecule has 1 saturated heterocycles. The Morgan fingerprint density at radius 3 is 2.38 bits per heavy atom. The maximum absolute atomic E-state index is 12.6. The normalized spacial score (nSPS) is 18.6. The van der Waals surface area contributed by atoms with Gasteiger partial charge in [-0.25, -0.2) is 8.42 Å². The zero-order valence-electron chi connectivity index (χ0n) is 12.7. The maximum Gasteiger partial charge on any atom is 0.252 e. The monoisotopic (exact) mass is 327 g/mol. The van der Waals surface area contributed by atoms with Crippen LogP contribution in [-0.2, 0) is 16.4 Å². The van der Waals surface area contributed by atoms with Crippen LogP contribution in [0.3, 0.4) is 0 Å². The first-order valence-corrected chi connectivity index (χ1v) is 9.32. The molecular weight excluding hydrogens is 306 g/mol. The molecule has 0 saturated carbocycles. The van der Waals surface area contributed by atoms with Gasteiger partial charge in [0, 0.05) is 31.1 Å². The Labute approximate surface area is 130 Å². The number of aryl methyl sites for hydroxylation is 1. The van der Waals surface area contributed by atoms with Gasteiger partial charge in [0.2, 0.25) is 0 Å². The lowest BCUT2D eigenvalue weighted by Crippen LogP contribution is -2.55. The standard InChI is InChI=1S/C14H21N3O2S2/c1-4-12-5-6-13(20-12)21(18,19)17-9-7-16(8-10-17)14(2,3)11-15/h5-6H,4,7-10H2,1-3H3. The Kier molecular flexibility index (Phi) is 4.73. The molecule has 1 aliphatic rings. The second kappa shape index (κ2) is 6.05. The van der Waals surface area contributed by atoms with Crippen molar-refractivity contribution >= 4 is 21.4 Å². The lowest BCUT2D eigenvalue weighted by atomic mass is 10.0. The quantitative estimate of drug-likeness (QED) is 0.847. The third kappa shape index (κ3) is 3.29. The van der Waals surface area contributed by atoms with E-state index in [0.29, 0.717) is 30.4 Å². The zero-order valence-corrected chi connectivity index (χ0v) is 14.3. The number of piperazine rings is 1. The molecular formula is C14H21N3O2S2. The van der Waals surface area contributed by atoms with E-state index < -0.39 is 15.6 Å². The molecule has 0 amide bonds.